The molecule has 1 N–H and O–H groups in total. The highest BCUT2D eigenvalue weighted by atomic mass is 16.5. The predicted molar refractivity (Wildman–Crippen MR) is 89.7 cm³/mol. The minimum Gasteiger partial charge on any atom is -0.479 e. The molecule has 0 radical (unpaired) electrons. The molecule has 0 spiro atoms. The lowest BCUT2D eigenvalue weighted by atomic mass is 10.1. The molecule has 0 fully saturated rings. The van der Waals surface area contributed by atoms with Crippen molar-refractivity contribution < 1.29 is 24.2 Å². The van der Waals surface area contributed by atoms with Crippen LogP contribution in [0.2, 0.25) is 0 Å². The van der Waals surface area contributed by atoms with Crippen molar-refractivity contribution >= 4 is 17.8 Å². The van der Waals surface area contributed by atoms with Gasteiger partial charge in [0.05, 0.1) is 11.1 Å². The molecule has 3 rings (SSSR count). The Bertz CT molecular complexity index is 793. The highest BCUT2D eigenvalue weighted by molar-refractivity contribution is 6.21. The molecule has 1 aliphatic rings. The Morgan fingerprint density at radius 1 is 1.04 bits per heavy atom. The van der Waals surface area contributed by atoms with E-state index in [1.165, 1.54) is 11.8 Å². The van der Waals surface area contributed by atoms with Crippen molar-refractivity contribution in [2.75, 3.05) is 6.54 Å². The number of imide groups is 1. The molecule has 1 heterocycles. The van der Waals surface area contributed by atoms with Crippen LogP contribution in [0.15, 0.2) is 48.5 Å². The van der Waals surface area contributed by atoms with E-state index in [-0.39, 0.29) is 18.4 Å². The highest BCUT2D eigenvalue weighted by Crippen LogP contribution is 2.23. The number of fused-ring (bicyclic) bond motifs is 1. The molecular formula is C19H17NO5. The first-order valence-electron chi connectivity index (χ1n) is 7.91. The van der Waals surface area contributed by atoms with E-state index in [0.717, 1.165) is 5.56 Å². The number of aliphatic carboxylic acids is 1. The number of carbonyl (C=O) groups excluding carboxylic acids is 2. The number of amides is 2. The Balaban J connectivity index is 1.62. The van der Waals surface area contributed by atoms with Crippen molar-refractivity contribution in [1.29, 1.82) is 0 Å². The molecule has 2 aromatic carbocycles. The summed E-state index contributed by atoms with van der Waals surface area (Å²) in [5.74, 6) is -1.11. The van der Waals surface area contributed by atoms with Gasteiger partial charge in [0.25, 0.3) is 11.8 Å². The zero-order valence-electron chi connectivity index (χ0n) is 13.6. The number of benzene rings is 2. The van der Waals surface area contributed by atoms with Gasteiger partial charge in [0.1, 0.15) is 5.75 Å². The van der Waals surface area contributed by atoms with E-state index in [2.05, 4.69) is 0 Å². The first-order chi connectivity index (χ1) is 12.0. The third-order valence-electron chi connectivity index (χ3n) is 4.09. The molecule has 128 valence electrons. The Kier molecular flexibility index (Phi) is 4.52. The molecule has 0 saturated heterocycles. The minimum atomic E-state index is -1.03. The third-order valence-corrected chi connectivity index (χ3v) is 4.09. The van der Waals surface area contributed by atoms with E-state index in [4.69, 9.17) is 9.84 Å². The second-order valence-corrected chi connectivity index (χ2v) is 5.80. The van der Waals surface area contributed by atoms with Crippen molar-refractivity contribution in [2.24, 2.45) is 0 Å². The molecule has 1 atom stereocenters. The second-order valence-electron chi connectivity index (χ2n) is 5.80. The van der Waals surface area contributed by atoms with Crippen LogP contribution < -0.4 is 4.74 Å². The summed E-state index contributed by atoms with van der Waals surface area (Å²) < 4.78 is 5.27. The molecule has 2 amide bonds. The van der Waals surface area contributed by atoms with Crippen LogP contribution in [0.4, 0.5) is 0 Å². The quantitative estimate of drug-likeness (QED) is 0.817. The number of carbonyl (C=O) groups is 3. The summed E-state index contributed by atoms with van der Waals surface area (Å²) in [6.07, 6.45) is -0.413. The summed E-state index contributed by atoms with van der Waals surface area (Å²) in [6, 6.07) is 13.7. The number of carboxylic acids is 1. The molecule has 1 unspecified atom stereocenters. The SMILES string of the molecule is CC(Oc1ccc(CCN2C(=O)c3ccccc3C2=O)cc1)C(=O)O. The van der Waals surface area contributed by atoms with Gasteiger partial charge in [0, 0.05) is 6.54 Å². The van der Waals surface area contributed by atoms with Crippen LogP contribution in [0, 0.1) is 0 Å². The molecule has 0 aliphatic carbocycles. The van der Waals surface area contributed by atoms with Crippen LogP contribution in [0.5, 0.6) is 5.75 Å². The summed E-state index contributed by atoms with van der Waals surface area (Å²) in [5, 5.41) is 8.83. The van der Waals surface area contributed by atoms with Gasteiger partial charge >= 0.3 is 5.97 Å². The first-order valence-corrected chi connectivity index (χ1v) is 7.91. The molecule has 1 aliphatic heterocycles. The van der Waals surface area contributed by atoms with Crippen LogP contribution in [0.25, 0.3) is 0 Å². The van der Waals surface area contributed by atoms with E-state index in [0.29, 0.717) is 23.3 Å². The van der Waals surface area contributed by atoms with E-state index >= 15 is 0 Å². The summed E-state index contributed by atoms with van der Waals surface area (Å²) in [7, 11) is 0. The summed E-state index contributed by atoms with van der Waals surface area (Å²) in [6.45, 7) is 1.75. The van der Waals surface area contributed by atoms with Crippen LogP contribution in [-0.4, -0.2) is 40.4 Å². The minimum absolute atomic E-state index is 0.268. The summed E-state index contributed by atoms with van der Waals surface area (Å²) in [4.78, 5) is 36.6. The number of nitrogens with zero attached hydrogens (tertiary/aromatic N) is 1. The van der Waals surface area contributed by atoms with Gasteiger partial charge in [0.15, 0.2) is 6.10 Å². The first kappa shape index (κ1) is 16.7. The van der Waals surface area contributed by atoms with E-state index in [1.807, 2.05) is 0 Å². The van der Waals surface area contributed by atoms with E-state index in [1.54, 1.807) is 48.5 Å². The normalized spacial score (nSPS) is 14.4. The Morgan fingerprint density at radius 2 is 1.60 bits per heavy atom. The fourth-order valence-electron chi connectivity index (χ4n) is 2.67. The molecule has 0 bridgehead atoms. The van der Waals surface area contributed by atoms with Crippen molar-refractivity contribution in [2.45, 2.75) is 19.4 Å². The van der Waals surface area contributed by atoms with Gasteiger partial charge in [-0.3, -0.25) is 14.5 Å². The van der Waals surface area contributed by atoms with E-state index < -0.39 is 12.1 Å². The van der Waals surface area contributed by atoms with Gasteiger partial charge in [-0.2, -0.15) is 0 Å². The van der Waals surface area contributed by atoms with Gasteiger partial charge in [-0.05, 0) is 43.2 Å². The van der Waals surface area contributed by atoms with Gasteiger partial charge < -0.3 is 9.84 Å². The molecule has 0 aromatic heterocycles. The van der Waals surface area contributed by atoms with Crippen LogP contribution >= 0.6 is 0 Å². The smallest absolute Gasteiger partial charge is 0.344 e. The second kappa shape index (κ2) is 6.76. The summed E-state index contributed by atoms with van der Waals surface area (Å²) in [5.41, 5.74) is 1.81. The standard InChI is InChI=1S/C19H17NO5/c1-12(19(23)24)25-14-8-6-13(7-9-14)10-11-20-17(21)15-4-2-3-5-16(15)18(20)22/h2-9,12H,10-11H2,1H3,(H,23,24). The molecule has 0 saturated carbocycles. The lowest BCUT2D eigenvalue weighted by Gasteiger charge is -2.14. The van der Waals surface area contributed by atoms with Crippen molar-refractivity contribution in [3.8, 4) is 5.75 Å². The maximum atomic E-state index is 12.3. The Labute approximate surface area is 144 Å². The average molecular weight is 339 g/mol. The van der Waals surface area contributed by atoms with Gasteiger partial charge in [0.2, 0.25) is 0 Å². The van der Waals surface area contributed by atoms with Crippen LogP contribution in [-0.2, 0) is 11.2 Å². The number of hydrogen-bond acceptors (Lipinski definition) is 4. The van der Waals surface area contributed by atoms with Gasteiger partial charge in [-0.1, -0.05) is 24.3 Å². The predicted octanol–water partition coefficient (Wildman–Crippen LogP) is 2.38. The molecular weight excluding hydrogens is 322 g/mol. The third kappa shape index (κ3) is 3.38. The molecule has 25 heavy (non-hydrogen) atoms. The van der Waals surface area contributed by atoms with Gasteiger partial charge in [-0.15, -0.1) is 0 Å². The zero-order chi connectivity index (χ0) is 18.0. The van der Waals surface area contributed by atoms with Crippen molar-refractivity contribution in [3.63, 3.8) is 0 Å². The number of ether oxygens (including phenoxy) is 1. The van der Waals surface area contributed by atoms with Crippen molar-refractivity contribution in [1.82, 2.24) is 4.90 Å². The maximum absolute atomic E-state index is 12.3. The topological polar surface area (TPSA) is 83.9 Å². The van der Waals surface area contributed by atoms with E-state index in [9.17, 15) is 14.4 Å². The Morgan fingerprint density at radius 3 is 2.12 bits per heavy atom. The monoisotopic (exact) mass is 339 g/mol. The Hall–Kier alpha value is -3.15. The fourth-order valence-corrected chi connectivity index (χ4v) is 2.67. The fraction of sp³-hybridized carbons (Fsp3) is 0.211. The number of rotatable bonds is 6. The number of hydrogen-bond donors (Lipinski definition) is 1. The van der Waals surface area contributed by atoms with Gasteiger partial charge in [-0.25, -0.2) is 4.79 Å². The molecule has 6 nitrogen and oxygen atoms in total. The van der Waals surface area contributed by atoms with Crippen LogP contribution in [0.3, 0.4) is 0 Å². The molecule has 2 aromatic rings. The highest BCUT2D eigenvalue weighted by Gasteiger charge is 2.34. The lowest BCUT2D eigenvalue weighted by Crippen LogP contribution is -2.31. The van der Waals surface area contributed by atoms with Crippen LogP contribution in [0.1, 0.15) is 33.2 Å². The maximum Gasteiger partial charge on any atom is 0.344 e. The average Bonchev–Trinajstić information content (AvgIpc) is 2.85. The lowest BCUT2D eigenvalue weighted by molar-refractivity contribution is -0.144. The number of carboxylic acid groups (broad SMARTS) is 1. The molecule has 6 heteroatoms. The zero-order valence-corrected chi connectivity index (χ0v) is 13.6. The summed E-state index contributed by atoms with van der Waals surface area (Å²) >= 11 is 0. The largest absolute Gasteiger partial charge is 0.479 e. The van der Waals surface area contributed by atoms with Crippen molar-refractivity contribution in [3.05, 3.63) is 65.2 Å².